The molecule has 0 atom stereocenters. The highest BCUT2D eigenvalue weighted by Gasteiger charge is 2.67. The Labute approximate surface area is 250 Å². The summed E-state index contributed by atoms with van der Waals surface area (Å²) in [5.41, 5.74) is 0. The number of rotatable bonds is 6. The minimum Gasteiger partial charge on any atom is -0.402 e. The van der Waals surface area contributed by atoms with Gasteiger partial charge in [0, 0.05) is 0 Å². The van der Waals surface area contributed by atoms with Crippen molar-refractivity contribution in [2.45, 2.75) is 0 Å². The molecule has 1 saturated heterocycles. The second-order valence-electron chi connectivity index (χ2n) is 10.4. The van der Waals surface area contributed by atoms with E-state index in [0.717, 1.165) is 31.1 Å². The van der Waals surface area contributed by atoms with Crippen molar-refractivity contribution >= 4 is 56.8 Å². The summed E-state index contributed by atoms with van der Waals surface area (Å²) in [5.74, 6) is 0. The molecule has 204 valence electrons. The van der Waals surface area contributed by atoms with Crippen LogP contribution in [0.2, 0.25) is 0 Å². The molecule has 0 spiro atoms. The van der Waals surface area contributed by atoms with Gasteiger partial charge in [-0.3, -0.25) is 0 Å². The second kappa shape index (κ2) is 11.3. The predicted molar refractivity (Wildman–Crippen MR) is 177 cm³/mol. The maximum absolute atomic E-state index is 7.77. The van der Waals surface area contributed by atoms with Crippen LogP contribution in [0.15, 0.2) is 182 Å². The highest BCUT2D eigenvalue weighted by molar-refractivity contribution is 7.16. The molecule has 1 aliphatic heterocycles. The number of hydrogen-bond acceptors (Lipinski definition) is 3. The molecule has 1 aliphatic rings. The SMILES string of the molecule is c1ccc([Si]2(c3ccccc3)O[Si](c3ccccc3)(c3ccccc3)O[Si](c3ccccc3)(c3ccccc3)O2)cc1. The first-order valence-electron chi connectivity index (χ1n) is 14.2. The summed E-state index contributed by atoms with van der Waals surface area (Å²) in [6.07, 6.45) is 0. The second-order valence-corrected chi connectivity index (χ2v) is 20.0. The fourth-order valence-electron chi connectivity index (χ4n) is 5.82. The molecule has 3 nitrogen and oxygen atoms in total. The highest BCUT2D eigenvalue weighted by Crippen LogP contribution is 2.31. The van der Waals surface area contributed by atoms with Gasteiger partial charge in [0.05, 0.1) is 0 Å². The van der Waals surface area contributed by atoms with Crippen LogP contribution < -0.4 is 31.1 Å². The molecule has 0 bridgehead atoms. The van der Waals surface area contributed by atoms with E-state index in [1.54, 1.807) is 0 Å². The Kier molecular flexibility index (Phi) is 7.17. The van der Waals surface area contributed by atoms with E-state index in [1.165, 1.54) is 0 Å². The molecule has 1 heterocycles. The molecule has 0 unspecified atom stereocenters. The maximum Gasteiger partial charge on any atom is 0.390 e. The Morgan fingerprint density at radius 2 is 0.357 bits per heavy atom. The van der Waals surface area contributed by atoms with Crippen molar-refractivity contribution in [2.75, 3.05) is 0 Å². The molecular formula is C36H30O3Si3. The van der Waals surface area contributed by atoms with Crippen LogP contribution in [-0.4, -0.2) is 25.7 Å². The third kappa shape index (κ3) is 4.55. The van der Waals surface area contributed by atoms with E-state index in [1.807, 2.05) is 36.4 Å². The molecule has 42 heavy (non-hydrogen) atoms. The van der Waals surface area contributed by atoms with Crippen LogP contribution in [0.4, 0.5) is 0 Å². The van der Waals surface area contributed by atoms with Gasteiger partial charge in [-0.25, -0.2) is 0 Å². The number of benzene rings is 6. The van der Waals surface area contributed by atoms with Gasteiger partial charge in [-0.2, -0.15) is 0 Å². The average molecular weight is 595 g/mol. The zero-order valence-electron chi connectivity index (χ0n) is 23.0. The lowest BCUT2D eigenvalue weighted by molar-refractivity contribution is 0.268. The van der Waals surface area contributed by atoms with Crippen LogP contribution in [0.25, 0.3) is 0 Å². The molecule has 0 saturated carbocycles. The summed E-state index contributed by atoms with van der Waals surface area (Å²) in [6, 6.07) is 63.2. The monoisotopic (exact) mass is 594 g/mol. The lowest BCUT2D eigenvalue weighted by atomic mass is 10.4. The highest BCUT2D eigenvalue weighted by atomic mass is 28.5. The minimum absolute atomic E-state index is 1.06. The summed E-state index contributed by atoms with van der Waals surface area (Å²) in [6.45, 7) is 0. The van der Waals surface area contributed by atoms with Crippen molar-refractivity contribution < 1.29 is 12.3 Å². The van der Waals surface area contributed by atoms with Crippen LogP contribution in [0, 0.1) is 0 Å². The Morgan fingerprint density at radius 3 is 0.500 bits per heavy atom. The Hall–Kier alpha value is -4.15. The minimum atomic E-state index is -3.44. The zero-order valence-corrected chi connectivity index (χ0v) is 26.0. The van der Waals surface area contributed by atoms with Gasteiger partial charge < -0.3 is 12.3 Å². The molecule has 7 rings (SSSR count). The lowest BCUT2D eigenvalue weighted by Gasteiger charge is -2.53. The lowest BCUT2D eigenvalue weighted by Crippen LogP contribution is -2.88. The fraction of sp³-hybridized carbons (Fsp3) is 0. The molecule has 0 amide bonds. The summed E-state index contributed by atoms with van der Waals surface area (Å²) < 4.78 is 23.3. The van der Waals surface area contributed by atoms with Crippen molar-refractivity contribution in [3.05, 3.63) is 182 Å². The molecule has 6 aromatic carbocycles. The van der Waals surface area contributed by atoms with E-state index in [4.69, 9.17) is 12.3 Å². The first kappa shape index (κ1) is 26.7. The van der Waals surface area contributed by atoms with E-state index in [-0.39, 0.29) is 0 Å². The molecular weight excluding hydrogens is 565 g/mol. The Bertz CT molecular complexity index is 1400. The van der Waals surface area contributed by atoms with Crippen LogP contribution in [-0.2, 0) is 12.3 Å². The summed E-state index contributed by atoms with van der Waals surface area (Å²) in [7, 11) is -10.3. The van der Waals surface area contributed by atoms with Gasteiger partial charge in [0.2, 0.25) is 0 Å². The van der Waals surface area contributed by atoms with E-state index in [0.29, 0.717) is 0 Å². The van der Waals surface area contributed by atoms with Crippen LogP contribution in [0.1, 0.15) is 0 Å². The molecule has 6 aromatic rings. The van der Waals surface area contributed by atoms with Crippen LogP contribution >= 0.6 is 0 Å². The third-order valence-electron chi connectivity index (χ3n) is 7.79. The van der Waals surface area contributed by atoms with Crippen molar-refractivity contribution in [3.8, 4) is 0 Å². The van der Waals surface area contributed by atoms with Gasteiger partial charge in [-0.05, 0) is 31.1 Å². The van der Waals surface area contributed by atoms with E-state index in [2.05, 4.69) is 146 Å². The standard InChI is InChI=1S/C36H30O3Si3/c1-7-19-31(20-8-1)40(32-21-9-2-10-22-32)37-41(33-23-11-3-12-24-33,34-25-13-4-14-26-34)39-42(38-40,35-27-15-5-16-28-35)36-29-17-6-18-30-36/h1-30H. The first-order valence-corrected chi connectivity index (χ1v) is 19.6. The average Bonchev–Trinajstić information content (AvgIpc) is 3.10. The summed E-state index contributed by atoms with van der Waals surface area (Å²) in [5, 5.41) is 6.37. The third-order valence-corrected chi connectivity index (χ3v) is 21.2. The van der Waals surface area contributed by atoms with Crippen LogP contribution in [0.5, 0.6) is 0 Å². The van der Waals surface area contributed by atoms with E-state index >= 15 is 0 Å². The zero-order chi connectivity index (χ0) is 28.3. The van der Waals surface area contributed by atoms with Crippen molar-refractivity contribution in [3.63, 3.8) is 0 Å². The molecule has 0 N–H and O–H groups in total. The largest absolute Gasteiger partial charge is 0.402 e. The van der Waals surface area contributed by atoms with Gasteiger partial charge in [0.15, 0.2) is 0 Å². The van der Waals surface area contributed by atoms with Gasteiger partial charge in [-0.15, -0.1) is 0 Å². The van der Waals surface area contributed by atoms with Crippen molar-refractivity contribution in [2.24, 2.45) is 0 Å². The Morgan fingerprint density at radius 1 is 0.214 bits per heavy atom. The van der Waals surface area contributed by atoms with Gasteiger partial charge in [0.1, 0.15) is 0 Å². The topological polar surface area (TPSA) is 27.7 Å². The normalized spacial score (nSPS) is 16.9. The molecule has 1 fully saturated rings. The predicted octanol–water partition coefficient (Wildman–Crippen LogP) is 3.82. The first-order chi connectivity index (χ1) is 20.8. The van der Waals surface area contributed by atoms with E-state index in [9.17, 15) is 0 Å². The van der Waals surface area contributed by atoms with Crippen molar-refractivity contribution in [1.29, 1.82) is 0 Å². The fourth-order valence-corrected chi connectivity index (χ4v) is 22.7. The maximum atomic E-state index is 7.77. The molecule has 0 radical (unpaired) electrons. The molecule has 6 heteroatoms. The van der Waals surface area contributed by atoms with E-state index < -0.39 is 25.7 Å². The Balaban J connectivity index is 1.64. The quantitative estimate of drug-likeness (QED) is 0.275. The van der Waals surface area contributed by atoms with Crippen LogP contribution in [0.3, 0.4) is 0 Å². The smallest absolute Gasteiger partial charge is 0.390 e. The molecule has 0 aliphatic carbocycles. The number of hydrogen-bond donors (Lipinski definition) is 0. The summed E-state index contributed by atoms with van der Waals surface area (Å²) in [4.78, 5) is 0. The summed E-state index contributed by atoms with van der Waals surface area (Å²) >= 11 is 0. The van der Waals surface area contributed by atoms with Gasteiger partial charge in [-0.1, -0.05) is 182 Å². The molecule has 0 aromatic heterocycles. The van der Waals surface area contributed by atoms with Gasteiger partial charge in [0.25, 0.3) is 0 Å². The van der Waals surface area contributed by atoms with Gasteiger partial charge >= 0.3 is 25.7 Å². The van der Waals surface area contributed by atoms with Crippen molar-refractivity contribution in [1.82, 2.24) is 0 Å².